The van der Waals surface area contributed by atoms with E-state index in [1.165, 1.54) is 25.2 Å². The minimum atomic E-state index is 0.347. The number of hydrogen-bond acceptors (Lipinski definition) is 2. The highest BCUT2D eigenvalue weighted by atomic mass is 15.2. The summed E-state index contributed by atoms with van der Waals surface area (Å²) in [5, 5.41) is 3.67. The maximum atomic E-state index is 4.18. The van der Waals surface area contributed by atoms with Crippen molar-refractivity contribution in [2.24, 2.45) is 17.3 Å². The Morgan fingerprint density at radius 3 is 2.38 bits per heavy atom. The van der Waals surface area contributed by atoms with Gasteiger partial charge in [-0.1, -0.05) is 27.4 Å². The molecule has 2 aliphatic heterocycles. The van der Waals surface area contributed by atoms with Crippen molar-refractivity contribution in [1.29, 1.82) is 0 Å². The van der Waals surface area contributed by atoms with Gasteiger partial charge in [0.25, 0.3) is 0 Å². The summed E-state index contributed by atoms with van der Waals surface area (Å²) in [6.07, 6.45) is 2.50. The van der Waals surface area contributed by atoms with Gasteiger partial charge in [0.1, 0.15) is 0 Å². The van der Waals surface area contributed by atoms with Crippen molar-refractivity contribution >= 4 is 0 Å². The standard InChI is InChI=1S/C14H26N2/c1-10(7-14(2,3)4)15-13-11-6-12(13)9-16(5)8-11/h11-13,15H,1,6-9H2,2-5H3/t11-,12+,13+. The number of allylic oxidation sites excluding steroid dienone is 1. The lowest BCUT2D eigenvalue weighted by atomic mass is 9.66. The van der Waals surface area contributed by atoms with Gasteiger partial charge in [-0.2, -0.15) is 0 Å². The molecule has 3 atom stereocenters. The van der Waals surface area contributed by atoms with Crippen LogP contribution in [0.15, 0.2) is 12.3 Å². The van der Waals surface area contributed by atoms with Crippen molar-refractivity contribution in [1.82, 2.24) is 10.2 Å². The van der Waals surface area contributed by atoms with Gasteiger partial charge < -0.3 is 10.2 Å². The molecule has 3 rings (SSSR count). The average molecular weight is 222 g/mol. The molecule has 2 saturated heterocycles. The molecule has 2 bridgehead atoms. The molecule has 0 aromatic rings. The summed E-state index contributed by atoms with van der Waals surface area (Å²) < 4.78 is 0. The van der Waals surface area contributed by atoms with Crippen LogP contribution in [-0.4, -0.2) is 31.1 Å². The van der Waals surface area contributed by atoms with Crippen molar-refractivity contribution in [2.75, 3.05) is 20.1 Å². The lowest BCUT2D eigenvalue weighted by molar-refractivity contribution is 0.00175. The van der Waals surface area contributed by atoms with Gasteiger partial charge in [0.15, 0.2) is 0 Å². The van der Waals surface area contributed by atoms with Crippen LogP contribution in [0.4, 0.5) is 0 Å². The van der Waals surface area contributed by atoms with E-state index in [4.69, 9.17) is 0 Å². The average Bonchev–Trinajstić information content (AvgIpc) is 2.11. The van der Waals surface area contributed by atoms with Gasteiger partial charge in [-0.15, -0.1) is 0 Å². The first-order valence-corrected chi connectivity index (χ1v) is 6.48. The Balaban J connectivity index is 1.81. The minimum Gasteiger partial charge on any atom is -0.385 e. The van der Waals surface area contributed by atoms with E-state index < -0.39 is 0 Å². The summed E-state index contributed by atoms with van der Waals surface area (Å²) in [6.45, 7) is 13.5. The zero-order chi connectivity index (χ0) is 11.9. The second kappa shape index (κ2) is 4.06. The Hall–Kier alpha value is -0.500. The quantitative estimate of drug-likeness (QED) is 0.789. The predicted octanol–water partition coefficient (Wildman–Crippen LogP) is 2.48. The van der Waals surface area contributed by atoms with Crippen LogP contribution >= 0.6 is 0 Å². The highest BCUT2D eigenvalue weighted by molar-refractivity contribution is 5.07. The van der Waals surface area contributed by atoms with E-state index in [-0.39, 0.29) is 0 Å². The summed E-state index contributed by atoms with van der Waals surface area (Å²) in [5.74, 6) is 1.72. The summed E-state index contributed by atoms with van der Waals surface area (Å²) in [7, 11) is 2.24. The van der Waals surface area contributed by atoms with E-state index >= 15 is 0 Å². The Bertz CT molecular complexity index is 265. The lowest BCUT2D eigenvalue weighted by Crippen LogP contribution is -2.62. The molecule has 1 N–H and O–H groups in total. The second-order valence-corrected chi connectivity index (χ2v) is 6.99. The molecule has 2 heterocycles. The molecule has 1 aliphatic carbocycles. The molecule has 16 heavy (non-hydrogen) atoms. The zero-order valence-corrected chi connectivity index (χ0v) is 11.2. The topological polar surface area (TPSA) is 15.3 Å². The Labute approximate surface area is 100 Å². The molecule has 0 aromatic carbocycles. The first-order chi connectivity index (χ1) is 7.35. The normalized spacial score (nSPS) is 34.4. The van der Waals surface area contributed by atoms with Crippen LogP contribution in [0.5, 0.6) is 0 Å². The molecule has 2 heteroatoms. The molecule has 0 spiro atoms. The van der Waals surface area contributed by atoms with E-state index in [1.54, 1.807) is 0 Å². The van der Waals surface area contributed by atoms with Gasteiger partial charge in [0.05, 0.1) is 0 Å². The predicted molar refractivity (Wildman–Crippen MR) is 69.2 cm³/mol. The van der Waals surface area contributed by atoms with Gasteiger partial charge in [0.2, 0.25) is 0 Å². The van der Waals surface area contributed by atoms with E-state index in [0.29, 0.717) is 11.5 Å². The third kappa shape index (κ3) is 2.60. The fourth-order valence-electron chi connectivity index (χ4n) is 3.29. The monoisotopic (exact) mass is 222 g/mol. The zero-order valence-electron chi connectivity index (χ0n) is 11.2. The van der Waals surface area contributed by atoms with E-state index in [9.17, 15) is 0 Å². The third-order valence-corrected chi connectivity index (χ3v) is 3.83. The molecule has 2 nitrogen and oxygen atoms in total. The number of piperidine rings is 2. The fraction of sp³-hybridized carbons (Fsp3) is 0.857. The number of rotatable bonds is 3. The SMILES string of the molecule is C=C(CC(C)(C)C)N[C@H]1[C@@H]2C[C@H]1CN(C)C2. The summed E-state index contributed by atoms with van der Waals surface area (Å²) in [5.41, 5.74) is 1.58. The van der Waals surface area contributed by atoms with Gasteiger partial charge in [-0.3, -0.25) is 0 Å². The first-order valence-electron chi connectivity index (χ1n) is 6.48. The molecule has 3 fully saturated rings. The van der Waals surface area contributed by atoms with Crippen molar-refractivity contribution in [3.05, 3.63) is 12.3 Å². The molecule has 1 saturated carbocycles. The Morgan fingerprint density at radius 1 is 1.31 bits per heavy atom. The fourth-order valence-corrected chi connectivity index (χ4v) is 3.29. The summed E-state index contributed by atoms with van der Waals surface area (Å²) in [4.78, 5) is 2.46. The number of nitrogens with one attached hydrogen (secondary N) is 1. The maximum absolute atomic E-state index is 4.18. The molecule has 0 radical (unpaired) electrons. The van der Waals surface area contributed by atoms with Crippen LogP contribution in [0.25, 0.3) is 0 Å². The number of fused-ring (bicyclic) bond motifs is 2. The largest absolute Gasteiger partial charge is 0.385 e. The first kappa shape index (κ1) is 12.0. The maximum Gasteiger partial charge on any atom is 0.0339 e. The lowest BCUT2D eigenvalue weighted by Gasteiger charge is -2.53. The number of nitrogens with zero attached hydrogens (tertiary/aromatic N) is 1. The molecule has 0 aromatic heterocycles. The van der Waals surface area contributed by atoms with Crippen molar-refractivity contribution in [3.8, 4) is 0 Å². The minimum absolute atomic E-state index is 0.347. The van der Waals surface area contributed by atoms with Crippen molar-refractivity contribution in [3.63, 3.8) is 0 Å². The Kier molecular flexibility index (Phi) is 3.04. The van der Waals surface area contributed by atoms with Gasteiger partial charge in [-0.05, 0) is 37.1 Å². The molecular weight excluding hydrogens is 196 g/mol. The van der Waals surface area contributed by atoms with Gasteiger partial charge in [0, 0.05) is 24.8 Å². The third-order valence-electron chi connectivity index (χ3n) is 3.83. The van der Waals surface area contributed by atoms with E-state index in [1.807, 2.05) is 0 Å². The van der Waals surface area contributed by atoms with Crippen LogP contribution in [-0.2, 0) is 0 Å². The molecule has 3 aliphatic rings. The van der Waals surface area contributed by atoms with Crippen LogP contribution in [0.1, 0.15) is 33.6 Å². The van der Waals surface area contributed by atoms with E-state index in [0.717, 1.165) is 18.3 Å². The van der Waals surface area contributed by atoms with Crippen LogP contribution < -0.4 is 5.32 Å². The molecule has 92 valence electrons. The van der Waals surface area contributed by atoms with Gasteiger partial charge >= 0.3 is 0 Å². The number of hydrogen-bond donors (Lipinski definition) is 1. The highest BCUT2D eigenvalue weighted by Crippen LogP contribution is 2.40. The van der Waals surface area contributed by atoms with Crippen molar-refractivity contribution in [2.45, 2.75) is 39.7 Å². The summed E-state index contributed by atoms with van der Waals surface area (Å²) in [6, 6.07) is 0.714. The smallest absolute Gasteiger partial charge is 0.0339 e. The van der Waals surface area contributed by atoms with Crippen LogP contribution in [0, 0.1) is 17.3 Å². The van der Waals surface area contributed by atoms with Crippen LogP contribution in [0.2, 0.25) is 0 Å². The van der Waals surface area contributed by atoms with Crippen LogP contribution in [0.3, 0.4) is 0 Å². The molecule has 0 unspecified atom stereocenters. The summed E-state index contributed by atoms with van der Waals surface area (Å²) >= 11 is 0. The van der Waals surface area contributed by atoms with E-state index in [2.05, 4.69) is 44.6 Å². The van der Waals surface area contributed by atoms with Gasteiger partial charge in [-0.25, -0.2) is 0 Å². The second-order valence-electron chi connectivity index (χ2n) is 6.99. The highest BCUT2D eigenvalue weighted by Gasteiger charge is 2.45. The molecular formula is C14H26N2. The Morgan fingerprint density at radius 2 is 1.88 bits per heavy atom. The molecule has 0 amide bonds. The van der Waals surface area contributed by atoms with Crippen molar-refractivity contribution < 1.29 is 0 Å².